The van der Waals surface area contributed by atoms with Crippen molar-refractivity contribution in [2.45, 2.75) is 25.8 Å². The molecule has 0 aromatic heterocycles. The summed E-state index contributed by atoms with van der Waals surface area (Å²) in [5.74, 6) is 0.297. The number of ether oxygens (including phenoxy) is 1. The van der Waals surface area contributed by atoms with Gasteiger partial charge in [0, 0.05) is 11.4 Å². The minimum atomic E-state index is -0.412. The number of hydrogen-bond donors (Lipinski definition) is 0. The molecule has 0 saturated carbocycles. The molecule has 0 saturated heterocycles. The number of rotatable bonds is 5. The Balaban J connectivity index is 2.23. The summed E-state index contributed by atoms with van der Waals surface area (Å²) in [5.41, 5.74) is 4.13. The zero-order chi connectivity index (χ0) is 15.4. The van der Waals surface area contributed by atoms with Gasteiger partial charge in [-0.15, -0.1) is 0 Å². The third-order valence-electron chi connectivity index (χ3n) is 3.26. The number of nitro benzene ring substituents is 1. The summed E-state index contributed by atoms with van der Waals surface area (Å²) in [6.45, 7) is 4.33. The van der Waals surface area contributed by atoms with E-state index in [2.05, 4.69) is 15.9 Å². The van der Waals surface area contributed by atoms with Gasteiger partial charge in [0.2, 0.25) is 0 Å². The Morgan fingerprint density at radius 3 is 2.62 bits per heavy atom. The highest BCUT2D eigenvalue weighted by atomic mass is 79.9. The summed E-state index contributed by atoms with van der Waals surface area (Å²) in [4.78, 5) is 10.7. The van der Waals surface area contributed by atoms with Crippen molar-refractivity contribution in [2.24, 2.45) is 0 Å². The third-order valence-corrected chi connectivity index (χ3v) is 3.91. The minimum absolute atomic E-state index is 0.00254. The van der Waals surface area contributed by atoms with E-state index in [1.165, 1.54) is 6.07 Å². The van der Waals surface area contributed by atoms with E-state index in [1.807, 2.05) is 38.1 Å². The molecule has 0 aliphatic rings. The van der Waals surface area contributed by atoms with Crippen molar-refractivity contribution in [3.8, 4) is 5.75 Å². The van der Waals surface area contributed by atoms with Crippen molar-refractivity contribution in [3.05, 3.63) is 68.8 Å². The molecule has 110 valence electrons. The van der Waals surface area contributed by atoms with Crippen molar-refractivity contribution in [2.75, 3.05) is 0 Å². The van der Waals surface area contributed by atoms with Gasteiger partial charge in [-0.25, -0.2) is 0 Å². The number of hydrogen-bond acceptors (Lipinski definition) is 3. The molecule has 2 aromatic carbocycles. The molecule has 0 fully saturated rings. The lowest BCUT2D eigenvalue weighted by molar-refractivity contribution is -0.386. The minimum Gasteiger partial charge on any atom is -0.482 e. The second-order valence-electron chi connectivity index (χ2n) is 4.91. The molecule has 0 N–H and O–H groups in total. The zero-order valence-electron chi connectivity index (χ0n) is 11.9. The van der Waals surface area contributed by atoms with Crippen LogP contribution in [0.1, 0.15) is 22.3 Å². The largest absolute Gasteiger partial charge is 0.482 e. The van der Waals surface area contributed by atoms with E-state index < -0.39 is 4.92 Å². The lowest BCUT2D eigenvalue weighted by atomic mass is 10.1. The summed E-state index contributed by atoms with van der Waals surface area (Å²) in [7, 11) is 0. The summed E-state index contributed by atoms with van der Waals surface area (Å²) in [6, 6.07) is 11.1. The Hall–Kier alpha value is -1.88. The number of halogens is 1. The molecule has 0 aliphatic carbocycles. The van der Waals surface area contributed by atoms with E-state index in [9.17, 15) is 10.1 Å². The fourth-order valence-electron chi connectivity index (χ4n) is 2.02. The SMILES string of the molecule is Cc1ccc(C)c(COc2ccc(CBr)cc2[N+](=O)[O-])c1. The van der Waals surface area contributed by atoms with Crippen molar-refractivity contribution < 1.29 is 9.66 Å². The first-order chi connectivity index (χ1) is 10.0. The van der Waals surface area contributed by atoms with Crippen LogP contribution in [-0.2, 0) is 11.9 Å². The number of nitrogens with zero attached hydrogens (tertiary/aromatic N) is 1. The predicted octanol–water partition coefficient (Wildman–Crippen LogP) is 4.69. The van der Waals surface area contributed by atoms with Crippen molar-refractivity contribution in [1.29, 1.82) is 0 Å². The van der Waals surface area contributed by atoms with Crippen LogP contribution in [0.4, 0.5) is 5.69 Å². The Kier molecular flexibility index (Phi) is 4.96. The molecule has 0 amide bonds. The Morgan fingerprint density at radius 2 is 1.95 bits per heavy atom. The summed E-state index contributed by atoms with van der Waals surface area (Å²) < 4.78 is 5.66. The van der Waals surface area contributed by atoms with Crippen LogP contribution in [0.3, 0.4) is 0 Å². The third kappa shape index (κ3) is 3.82. The standard InChI is InChI=1S/C16H16BrNO3/c1-11-3-4-12(2)14(7-11)10-21-16-6-5-13(9-17)8-15(16)18(19)20/h3-8H,9-10H2,1-2H3. The highest BCUT2D eigenvalue weighted by Crippen LogP contribution is 2.29. The van der Waals surface area contributed by atoms with Gasteiger partial charge in [-0.2, -0.15) is 0 Å². The molecule has 21 heavy (non-hydrogen) atoms. The Bertz CT molecular complexity index is 671. The van der Waals surface area contributed by atoms with E-state index in [0.29, 0.717) is 17.7 Å². The predicted molar refractivity (Wildman–Crippen MR) is 86.0 cm³/mol. The lowest BCUT2D eigenvalue weighted by Crippen LogP contribution is -2.01. The van der Waals surface area contributed by atoms with Crippen LogP contribution in [-0.4, -0.2) is 4.92 Å². The van der Waals surface area contributed by atoms with E-state index in [4.69, 9.17) is 4.74 Å². The molecule has 2 rings (SSSR count). The normalized spacial score (nSPS) is 10.4. The molecule has 2 aromatic rings. The quantitative estimate of drug-likeness (QED) is 0.447. The first-order valence-corrected chi connectivity index (χ1v) is 7.65. The Labute approximate surface area is 132 Å². The van der Waals surface area contributed by atoms with E-state index in [1.54, 1.807) is 6.07 Å². The van der Waals surface area contributed by atoms with Gasteiger partial charge in [-0.1, -0.05) is 45.8 Å². The lowest BCUT2D eigenvalue weighted by Gasteiger charge is -2.10. The average molecular weight is 350 g/mol. The topological polar surface area (TPSA) is 52.4 Å². The van der Waals surface area contributed by atoms with E-state index in [0.717, 1.165) is 22.3 Å². The molecule has 4 nitrogen and oxygen atoms in total. The highest BCUT2D eigenvalue weighted by Gasteiger charge is 2.16. The number of nitro groups is 1. The first kappa shape index (κ1) is 15.5. The molecule has 0 spiro atoms. The van der Waals surface area contributed by atoms with Gasteiger partial charge in [0.1, 0.15) is 6.61 Å². The maximum atomic E-state index is 11.1. The van der Waals surface area contributed by atoms with Crippen molar-refractivity contribution >= 4 is 21.6 Å². The van der Waals surface area contributed by atoms with Crippen LogP contribution in [0.5, 0.6) is 5.75 Å². The zero-order valence-corrected chi connectivity index (χ0v) is 13.5. The maximum Gasteiger partial charge on any atom is 0.311 e. The molecular formula is C16H16BrNO3. The molecule has 0 heterocycles. The smallest absolute Gasteiger partial charge is 0.311 e. The monoisotopic (exact) mass is 349 g/mol. The summed E-state index contributed by atoms with van der Waals surface area (Å²) >= 11 is 3.30. The van der Waals surface area contributed by atoms with Gasteiger partial charge in [-0.05, 0) is 36.6 Å². The molecule has 0 aliphatic heterocycles. The highest BCUT2D eigenvalue weighted by molar-refractivity contribution is 9.08. The number of alkyl halides is 1. The van der Waals surface area contributed by atoms with Gasteiger partial charge in [-0.3, -0.25) is 10.1 Å². The summed E-state index contributed by atoms with van der Waals surface area (Å²) in [5, 5.41) is 11.7. The van der Waals surface area contributed by atoms with Crippen molar-refractivity contribution in [1.82, 2.24) is 0 Å². The second kappa shape index (κ2) is 6.72. The fourth-order valence-corrected chi connectivity index (χ4v) is 2.37. The first-order valence-electron chi connectivity index (χ1n) is 6.53. The van der Waals surface area contributed by atoms with Crippen LogP contribution in [0.2, 0.25) is 0 Å². The van der Waals surface area contributed by atoms with Crippen molar-refractivity contribution in [3.63, 3.8) is 0 Å². The number of aryl methyl sites for hydroxylation is 2. The Morgan fingerprint density at radius 1 is 1.19 bits per heavy atom. The molecule has 5 heteroatoms. The molecule has 0 atom stereocenters. The maximum absolute atomic E-state index is 11.1. The molecular weight excluding hydrogens is 334 g/mol. The summed E-state index contributed by atoms with van der Waals surface area (Å²) in [6.07, 6.45) is 0. The van der Waals surface area contributed by atoms with Gasteiger partial charge < -0.3 is 4.74 Å². The van der Waals surface area contributed by atoms with Crippen LogP contribution in [0, 0.1) is 24.0 Å². The van der Waals surface area contributed by atoms with Gasteiger partial charge >= 0.3 is 5.69 Å². The van der Waals surface area contributed by atoms with Crippen LogP contribution in [0.15, 0.2) is 36.4 Å². The molecule has 0 bridgehead atoms. The molecule has 0 unspecified atom stereocenters. The number of benzene rings is 2. The van der Waals surface area contributed by atoms with Gasteiger partial charge in [0.25, 0.3) is 0 Å². The van der Waals surface area contributed by atoms with E-state index in [-0.39, 0.29) is 5.69 Å². The van der Waals surface area contributed by atoms with Gasteiger partial charge in [0.05, 0.1) is 4.92 Å². The van der Waals surface area contributed by atoms with Gasteiger partial charge in [0.15, 0.2) is 5.75 Å². The van der Waals surface area contributed by atoms with E-state index >= 15 is 0 Å². The fraction of sp³-hybridized carbons (Fsp3) is 0.250. The molecule has 0 radical (unpaired) electrons. The van der Waals surface area contributed by atoms with Crippen LogP contribution in [0.25, 0.3) is 0 Å². The second-order valence-corrected chi connectivity index (χ2v) is 5.47. The van der Waals surface area contributed by atoms with Crippen LogP contribution >= 0.6 is 15.9 Å². The van der Waals surface area contributed by atoms with Crippen LogP contribution < -0.4 is 4.74 Å². The average Bonchev–Trinajstić information content (AvgIpc) is 2.48.